The van der Waals surface area contributed by atoms with Crippen molar-refractivity contribution in [3.63, 3.8) is 0 Å². The fourth-order valence-corrected chi connectivity index (χ4v) is 4.12. The van der Waals surface area contributed by atoms with Gasteiger partial charge in [-0.1, -0.05) is 18.2 Å². The van der Waals surface area contributed by atoms with E-state index in [9.17, 15) is 0 Å². The monoisotopic (exact) mass is 337 g/mol. The first kappa shape index (κ1) is 16.6. The van der Waals surface area contributed by atoms with Crippen molar-refractivity contribution in [2.75, 3.05) is 26.2 Å². The van der Waals surface area contributed by atoms with Crippen LogP contribution in [0.3, 0.4) is 0 Å². The topological polar surface area (TPSA) is 37.4 Å². The van der Waals surface area contributed by atoms with E-state index in [1.54, 1.807) is 6.20 Å². The molecule has 4 nitrogen and oxygen atoms in total. The van der Waals surface area contributed by atoms with Crippen molar-refractivity contribution < 1.29 is 4.74 Å². The molecule has 0 aliphatic carbocycles. The predicted molar refractivity (Wildman–Crippen MR) is 99.4 cm³/mol. The standard InChI is InChI=1S/C21H27N3O/c1-2-11-23-19(3-1)16-25-20-6-4-18(5-7-20)15-24-14-10-21(17-24)8-12-22-13-9-21/h1-7,11,22H,8-10,12-17H2. The van der Waals surface area contributed by atoms with Crippen molar-refractivity contribution in [2.45, 2.75) is 32.4 Å². The number of likely N-dealkylation sites (tertiary alicyclic amines) is 1. The molecule has 2 aromatic rings. The van der Waals surface area contributed by atoms with E-state index in [1.807, 2.05) is 18.2 Å². The van der Waals surface area contributed by atoms with Crippen LogP contribution in [0.25, 0.3) is 0 Å². The second-order valence-corrected chi connectivity index (χ2v) is 7.46. The molecular formula is C21H27N3O. The zero-order valence-corrected chi connectivity index (χ0v) is 14.8. The highest BCUT2D eigenvalue weighted by Gasteiger charge is 2.38. The van der Waals surface area contributed by atoms with E-state index in [0.717, 1.165) is 18.0 Å². The highest BCUT2D eigenvalue weighted by Crippen LogP contribution is 2.39. The van der Waals surface area contributed by atoms with Gasteiger partial charge in [-0.25, -0.2) is 0 Å². The lowest BCUT2D eigenvalue weighted by Gasteiger charge is -2.33. The summed E-state index contributed by atoms with van der Waals surface area (Å²) in [6.45, 7) is 6.44. The van der Waals surface area contributed by atoms with Crippen LogP contribution in [0.15, 0.2) is 48.7 Å². The Balaban J connectivity index is 1.29. The van der Waals surface area contributed by atoms with Crippen molar-refractivity contribution >= 4 is 0 Å². The van der Waals surface area contributed by atoms with Gasteiger partial charge >= 0.3 is 0 Å². The Bertz CT molecular complexity index is 665. The van der Waals surface area contributed by atoms with Gasteiger partial charge in [-0.3, -0.25) is 9.88 Å². The highest BCUT2D eigenvalue weighted by atomic mass is 16.5. The molecule has 0 unspecified atom stereocenters. The average molecular weight is 337 g/mol. The molecule has 1 spiro atoms. The summed E-state index contributed by atoms with van der Waals surface area (Å²) in [5.41, 5.74) is 2.91. The Morgan fingerprint density at radius 2 is 1.88 bits per heavy atom. The lowest BCUT2D eigenvalue weighted by molar-refractivity contribution is 0.194. The molecule has 4 rings (SSSR count). The molecular weight excluding hydrogens is 310 g/mol. The van der Waals surface area contributed by atoms with E-state index in [1.165, 1.54) is 51.0 Å². The summed E-state index contributed by atoms with van der Waals surface area (Å²) >= 11 is 0. The molecule has 2 aliphatic heterocycles. The fraction of sp³-hybridized carbons (Fsp3) is 0.476. The summed E-state index contributed by atoms with van der Waals surface area (Å²) in [6.07, 6.45) is 5.83. The van der Waals surface area contributed by atoms with Crippen molar-refractivity contribution in [3.8, 4) is 5.75 Å². The highest BCUT2D eigenvalue weighted by molar-refractivity contribution is 5.27. The summed E-state index contributed by atoms with van der Waals surface area (Å²) in [7, 11) is 0. The number of nitrogens with one attached hydrogen (secondary N) is 1. The zero-order chi connectivity index (χ0) is 17.0. The van der Waals surface area contributed by atoms with Crippen LogP contribution in [0.5, 0.6) is 5.75 Å². The average Bonchev–Trinajstić information content (AvgIpc) is 3.04. The Labute approximate surface area is 150 Å². The molecule has 3 heterocycles. The van der Waals surface area contributed by atoms with Crippen LogP contribution < -0.4 is 10.1 Å². The van der Waals surface area contributed by atoms with Crippen LogP contribution in [0.1, 0.15) is 30.5 Å². The number of aromatic nitrogens is 1. The van der Waals surface area contributed by atoms with Gasteiger partial charge in [-0.15, -0.1) is 0 Å². The molecule has 1 aromatic carbocycles. The molecule has 2 fully saturated rings. The number of hydrogen-bond donors (Lipinski definition) is 1. The molecule has 0 bridgehead atoms. The van der Waals surface area contributed by atoms with Gasteiger partial charge in [0.25, 0.3) is 0 Å². The molecule has 2 aliphatic rings. The van der Waals surface area contributed by atoms with Crippen LogP contribution >= 0.6 is 0 Å². The van der Waals surface area contributed by atoms with E-state index in [-0.39, 0.29) is 0 Å². The molecule has 25 heavy (non-hydrogen) atoms. The summed E-state index contributed by atoms with van der Waals surface area (Å²) in [5.74, 6) is 0.908. The maximum atomic E-state index is 5.82. The number of benzene rings is 1. The minimum atomic E-state index is 0.517. The number of pyridine rings is 1. The van der Waals surface area contributed by atoms with Gasteiger partial charge in [0.2, 0.25) is 0 Å². The van der Waals surface area contributed by atoms with Gasteiger partial charge in [0.05, 0.1) is 5.69 Å². The Morgan fingerprint density at radius 1 is 1.04 bits per heavy atom. The molecule has 1 aromatic heterocycles. The number of nitrogens with zero attached hydrogens (tertiary/aromatic N) is 2. The third kappa shape index (κ3) is 4.20. The molecule has 4 heteroatoms. The van der Waals surface area contributed by atoms with Crippen LogP contribution in [-0.2, 0) is 13.2 Å². The minimum absolute atomic E-state index is 0.517. The summed E-state index contributed by atoms with van der Waals surface area (Å²) in [4.78, 5) is 6.91. The normalized spacial score (nSPS) is 20.0. The second kappa shape index (κ2) is 7.54. The smallest absolute Gasteiger partial charge is 0.130 e. The molecule has 0 amide bonds. The summed E-state index contributed by atoms with van der Waals surface area (Å²) in [5, 5.41) is 3.49. The number of rotatable bonds is 5. The van der Waals surface area contributed by atoms with Crippen molar-refractivity contribution in [3.05, 3.63) is 59.9 Å². The van der Waals surface area contributed by atoms with Gasteiger partial charge in [-0.2, -0.15) is 0 Å². The Morgan fingerprint density at radius 3 is 2.64 bits per heavy atom. The molecule has 0 saturated carbocycles. The Hall–Kier alpha value is -1.91. The molecule has 2 saturated heterocycles. The lowest BCUT2D eigenvalue weighted by Crippen LogP contribution is -2.38. The number of hydrogen-bond acceptors (Lipinski definition) is 4. The quantitative estimate of drug-likeness (QED) is 0.909. The lowest BCUT2D eigenvalue weighted by atomic mass is 9.78. The van der Waals surface area contributed by atoms with Gasteiger partial charge in [-0.05, 0) is 74.1 Å². The van der Waals surface area contributed by atoms with Gasteiger partial charge < -0.3 is 10.1 Å². The van der Waals surface area contributed by atoms with E-state index >= 15 is 0 Å². The van der Waals surface area contributed by atoms with E-state index in [2.05, 4.69) is 39.5 Å². The fourth-order valence-electron chi connectivity index (χ4n) is 4.12. The maximum absolute atomic E-state index is 5.82. The minimum Gasteiger partial charge on any atom is -0.487 e. The van der Waals surface area contributed by atoms with Gasteiger partial charge in [0, 0.05) is 19.3 Å². The summed E-state index contributed by atoms with van der Waals surface area (Å²) in [6, 6.07) is 14.4. The Kier molecular flexibility index (Phi) is 4.99. The maximum Gasteiger partial charge on any atom is 0.130 e. The first-order chi connectivity index (χ1) is 12.3. The first-order valence-corrected chi connectivity index (χ1v) is 9.36. The third-order valence-electron chi connectivity index (χ3n) is 5.62. The number of ether oxygens (including phenoxy) is 1. The first-order valence-electron chi connectivity index (χ1n) is 9.36. The van der Waals surface area contributed by atoms with E-state index in [0.29, 0.717) is 12.0 Å². The van der Waals surface area contributed by atoms with Crippen LogP contribution in [0, 0.1) is 5.41 Å². The molecule has 1 N–H and O–H groups in total. The SMILES string of the molecule is c1ccc(COc2ccc(CN3CCC4(CCNCC4)C3)cc2)nc1. The van der Waals surface area contributed by atoms with Gasteiger partial charge in [0.15, 0.2) is 0 Å². The van der Waals surface area contributed by atoms with Crippen molar-refractivity contribution in [2.24, 2.45) is 5.41 Å². The number of piperidine rings is 1. The molecule has 0 atom stereocenters. The van der Waals surface area contributed by atoms with Gasteiger partial charge in [0.1, 0.15) is 12.4 Å². The largest absolute Gasteiger partial charge is 0.487 e. The third-order valence-corrected chi connectivity index (χ3v) is 5.62. The second-order valence-electron chi connectivity index (χ2n) is 7.46. The predicted octanol–water partition coefficient (Wildman–Crippen LogP) is 3.24. The van der Waals surface area contributed by atoms with Crippen molar-refractivity contribution in [1.82, 2.24) is 15.2 Å². The van der Waals surface area contributed by atoms with Crippen LogP contribution in [-0.4, -0.2) is 36.1 Å². The van der Waals surface area contributed by atoms with E-state index in [4.69, 9.17) is 4.74 Å². The molecule has 0 radical (unpaired) electrons. The van der Waals surface area contributed by atoms with Crippen molar-refractivity contribution in [1.29, 1.82) is 0 Å². The van der Waals surface area contributed by atoms with Crippen LogP contribution in [0.2, 0.25) is 0 Å². The zero-order valence-electron chi connectivity index (χ0n) is 14.8. The van der Waals surface area contributed by atoms with Crippen LogP contribution in [0.4, 0.5) is 0 Å². The summed E-state index contributed by atoms with van der Waals surface area (Å²) < 4.78 is 5.82. The van der Waals surface area contributed by atoms with E-state index < -0.39 is 0 Å². The molecule has 132 valence electrons.